The van der Waals surface area contributed by atoms with Gasteiger partial charge in [0.25, 0.3) is 0 Å². The van der Waals surface area contributed by atoms with E-state index in [0.717, 1.165) is 12.8 Å². The number of methoxy groups -OCH3 is 2. The van der Waals surface area contributed by atoms with Crippen LogP contribution >= 0.6 is 0 Å². The van der Waals surface area contributed by atoms with Crippen molar-refractivity contribution >= 4 is 18.0 Å². The summed E-state index contributed by atoms with van der Waals surface area (Å²) in [4.78, 5) is 38.0. The predicted molar refractivity (Wildman–Crippen MR) is 98.9 cm³/mol. The minimum atomic E-state index is -0.584. The molecule has 1 amide bonds. The van der Waals surface area contributed by atoms with E-state index in [4.69, 9.17) is 9.47 Å². The Bertz CT molecular complexity index is 594. The second-order valence-electron chi connectivity index (χ2n) is 8.12. The van der Waals surface area contributed by atoms with Crippen molar-refractivity contribution in [3.05, 3.63) is 12.2 Å². The molecular weight excluding hydrogens is 350 g/mol. The summed E-state index contributed by atoms with van der Waals surface area (Å²) in [6.07, 6.45) is 6.99. The quantitative estimate of drug-likeness (QED) is 0.304. The summed E-state index contributed by atoms with van der Waals surface area (Å²) in [6, 6.07) is -0.257. The minimum absolute atomic E-state index is 0.0641. The molecule has 152 valence electrons. The van der Waals surface area contributed by atoms with E-state index in [9.17, 15) is 14.4 Å². The van der Waals surface area contributed by atoms with Crippen LogP contribution in [0.15, 0.2) is 12.2 Å². The zero-order valence-electron chi connectivity index (χ0n) is 16.9. The molecule has 0 spiro atoms. The van der Waals surface area contributed by atoms with E-state index < -0.39 is 5.60 Å². The third-order valence-electron chi connectivity index (χ3n) is 5.16. The van der Waals surface area contributed by atoms with Crippen LogP contribution < -0.4 is 0 Å². The van der Waals surface area contributed by atoms with E-state index in [1.807, 2.05) is 32.9 Å². The van der Waals surface area contributed by atoms with Gasteiger partial charge in [-0.3, -0.25) is 9.59 Å². The summed E-state index contributed by atoms with van der Waals surface area (Å²) in [7, 11) is 2.75. The molecule has 0 aromatic rings. The smallest absolute Gasteiger partial charge is 0.410 e. The summed E-state index contributed by atoms with van der Waals surface area (Å²) in [5.74, 6) is -0.994. The van der Waals surface area contributed by atoms with Crippen LogP contribution in [0.3, 0.4) is 0 Å². The van der Waals surface area contributed by atoms with E-state index in [1.54, 1.807) is 4.90 Å². The topological polar surface area (TPSA) is 82.1 Å². The van der Waals surface area contributed by atoms with Crippen LogP contribution in [-0.2, 0) is 23.8 Å². The van der Waals surface area contributed by atoms with Crippen LogP contribution in [0.2, 0.25) is 0 Å². The zero-order chi connectivity index (χ0) is 20.2. The molecule has 2 rings (SSSR count). The Labute approximate surface area is 161 Å². The fraction of sp³-hybridized carbons (Fsp3) is 0.750. The normalized spacial score (nSPS) is 27.1. The highest BCUT2D eigenvalue weighted by atomic mass is 16.6. The van der Waals surface area contributed by atoms with Gasteiger partial charge in [0.1, 0.15) is 5.60 Å². The summed E-state index contributed by atoms with van der Waals surface area (Å²) >= 11 is 0. The molecule has 2 fully saturated rings. The standard InChI is InChI=1S/C20H31NO6/c1-20(2,3)27-19(24)21-14-11-12-15(21)17(18(23)26-5)13(14)9-7-6-8-10-16(22)25-4/h7,9,13-15,17H,6,8,10-12H2,1-5H3/b9-7-/t13-,14-,15+,17+/m1/s1. The third-order valence-corrected chi connectivity index (χ3v) is 5.16. The number of hydrogen-bond acceptors (Lipinski definition) is 6. The Morgan fingerprint density at radius 2 is 1.74 bits per heavy atom. The lowest BCUT2D eigenvalue weighted by Gasteiger charge is -2.28. The summed E-state index contributed by atoms with van der Waals surface area (Å²) < 4.78 is 15.2. The lowest BCUT2D eigenvalue weighted by molar-refractivity contribution is -0.147. The maximum absolute atomic E-state index is 12.7. The Kier molecular flexibility index (Phi) is 6.89. The fourth-order valence-electron chi connectivity index (χ4n) is 4.10. The van der Waals surface area contributed by atoms with Crippen LogP contribution in [0.25, 0.3) is 0 Å². The van der Waals surface area contributed by atoms with Crippen LogP contribution in [0.4, 0.5) is 4.79 Å². The number of unbranched alkanes of at least 4 members (excludes halogenated alkanes) is 1. The maximum Gasteiger partial charge on any atom is 0.410 e. The molecular formula is C20H31NO6. The molecule has 2 saturated heterocycles. The fourth-order valence-corrected chi connectivity index (χ4v) is 4.10. The lowest BCUT2D eigenvalue weighted by atomic mass is 9.79. The van der Waals surface area contributed by atoms with Gasteiger partial charge in [-0.05, 0) is 46.5 Å². The van der Waals surface area contributed by atoms with Crippen LogP contribution in [0.5, 0.6) is 0 Å². The van der Waals surface area contributed by atoms with Gasteiger partial charge in [0.15, 0.2) is 0 Å². The number of carbonyl (C=O) groups is 3. The molecule has 7 nitrogen and oxygen atoms in total. The largest absolute Gasteiger partial charge is 0.469 e. The van der Waals surface area contributed by atoms with Gasteiger partial charge in [-0.25, -0.2) is 4.79 Å². The molecule has 0 radical (unpaired) electrons. The number of rotatable bonds is 6. The van der Waals surface area contributed by atoms with E-state index >= 15 is 0 Å². The highest BCUT2D eigenvalue weighted by molar-refractivity contribution is 5.78. The Balaban J connectivity index is 2.09. The maximum atomic E-state index is 12.7. The second-order valence-corrected chi connectivity index (χ2v) is 8.12. The average Bonchev–Trinajstić information content (AvgIpc) is 3.15. The molecule has 2 heterocycles. The van der Waals surface area contributed by atoms with E-state index in [0.29, 0.717) is 19.3 Å². The van der Waals surface area contributed by atoms with Crippen molar-refractivity contribution in [3.8, 4) is 0 Å². The molecule has 2 aliphatic rings. The predicted octanol–water partition coefficient (Wildman–Crippen LogP) is 3.07. The highest BCUT2D eigenvalue weighted by Gasteiger charge is 2.58. The molecule has 2 bridgehead atoms. The number of esters is 2. The van der Waals surface area contributed by atoms with Crippen LogP contribution in [0, 0.1) is 11.8 Å². The Morgan fingerprint density at radius 3 is 2.33 bits per heavy atom. The first-order valence-corrected chi connectivity index (χ1v) is 9.52. The highest BCUT2D eigenvalue weighted by Crippen LogP contribution is 2.47. The Hall–Kier alpha value is -2.05. The SMILES string of the molecule is COC(=O)CCC/C=C\[C@H]1[C@H](C(=O)OC)[C@@H]2CC[C@H]1N2C(=O)OC(C)(C)C. The zero-order valence-corrected chi connectivity index (χ0v) is 16.9. The number of nitrogens with zero attached hydrogens (tertiary/aromatic N) is 1. The first kappa shape index (κ1) is 21.3. The summed E-state index contributed by atoms with van der Waals surface area (Å²) in [5, 5.41) is 0. The third kappa shape index (κ3) is 5.02. The van der Waals surface area contributed by atoms with Crippen molar-refractivity contribution in [1.82, 2.24) is 4.90 Å². The summed E-state index contributed by atoms with van der Waals surface area (Å²) in [5.41, 5.74) is -0.584. The number of amides is 1. The van der Waals surface area contributed by atoms with Gasteiger partial charge >= 0.3 is 18.0 Å². The monoisotopic (exact) mass is 381 g/mol. The molecule has 0 aromatic carbocycles. The number of carbonyl (C=O) groups excluding carboxylic acids is 3. The molecule has 7 heteroatoms. The number of hydrogen-bond donors (Lipinski definition) is 0. The lowest BCUT2D eigenvalue weighted by Crippen LogP contribution is -2.41. The van der Waals surface area contributed by atoms with Crippen molar-refractivity contribution in [2.75, 3.05) is 14.2 Å². The molecule has 0 N–H and O–H groups in total. The van der Waals surface area contributed by atoms with Crippen molar-refractivity contribution in [1.29, 1.82) is 0 Å². The van der Waals surface area contributed by atoms with E-state index in [-0.39, 0.29) is 42.0 Å². The molecule has 27 heavy (non-hydrogen) atoms. The first-order chi connectivity index (χ1) is 12.7. The molecule has 0 aliphatic carbocycles. The van der Waals surface area contributed by atoms with Crippen molar-refractivity contribution in [3.63, 3.8) is 0 Å². The summed E-state index contributed by atoms with van der Waals surface area (Å²) in [6.45, 7) is 5.50. The van der Waals surface area contributed by atoms with Gasteiger partial charge in [0.2, 0.25) is 0 Å². The van der Waals surface area contributed by atoms with Crippen molar-refractivity contribution in [2.45, 2.75) is 70.6 Å². The first-order valence-electron chi connectivity index (χ1n) is 9.52. The van der Waals surface area contributed by atoms with Crippen molar-refractivity contribution in [2.24, 2.45) is 11.8 Å². The Morgan fingerprint density at radius 1 is 1.07 bits per heavy atom. The number of fused-ring (bicyclic) bond motifs is 2. The number of ether oxygens (including phenoxy) is 3. The number of allylic oxidation sites excluding steroid dienone is 1. The van der Waals surface area contributed by atoms with Gasteiger partial charge in [0.05, 0.1) is 20.1 Å². The van der Waals surface area contributed by atoms with Crippen LogP contribution in [0.1, 0.15) is 52.9 Å². The van der Waals surface area contributed by atoms with Gasteiger partial charge in [-0.15, -0.1) is 0 Å². The molecule has 2 aliphatic heterocycles. The van der Waals surface area contributed by atoms with E-state index in [2.05, 4.69) is 4.74 Å². The molecule has 0 aromatic heterocycles. The van der Waals surface area contributed by atoms with Crippen molar-refractivity contribution < 1.29 is 28.6 Å². The average molecular weight is 381 g/mol. The molecule has 0 saturated carbocycles. The van der Waals surface area contributed by atoms with Gasteiger partial charge in [-0.2, -0.15) is 0 Å². The van der Waals surface area contributed by atoms with Gasteiger partial charge in [0, 0.05) is 24.4 Å². The molecule has 4 atom stereocenters. The second kappa shape index (κ2) is 8.76. The molecule has 0 unspecified atom stereocenters. The van der Waals surface area contributed by atoms with Gasteiger partial charge < -0.3 is 19.1 Å². The van der Waals surface area contributed by atoms with Gasteiger partial charge in [-0.1, -0.05) is 12.2 Å². The van der Waals surface area contributed by atoms with Crippen LogP contribution in [-0.4, -0.2) is 54.8 Å². The minimum Gasteiger partial charge on any atom is -0.469 e. The van der Waals surface area contributed by atoms with E-state index in [1.165, 1.54) is 14.2 Å².